The molecule has 0 saturated carbocycles. The number of nitrogens with two attached hydrogens (primary N) is 1. The van der Waals surface area contributed by atoms with Crippen LogP contribution in [0.15, 0.2) is 29.2 Å². The molecule has 1 aliphatic heterocycles. The van der Waals surface area contributed by atoms with Gasteiger partial charge in [0.2, 0.25) is 0 Å². The molecule has 1 nitrogen and oxygen atoms in total. The summed E-state index contributed by atoms with van der Waals surface area (Å²) in [6.07, 6.45) is 6.29. The number of benzene rings is 1. The second kappa shape index (κ2) is 4.85. The van der Waals surface area contributed by atoms with Gasteiger partial charge in [-0.1, -0.05) is 18.2 Å². The Hall–Kier alpha value is -0.470. The van der Waals surface area contributed by atoms with E-state index in [4.69, 9.17) is 0 Å². The van der Waals surface area contributed by atoms with Crippen molar-refractivity contribution in [3.05, 3.63) is 29.8 Å². The van der Waals surface area contributed by atoms with Gasteiger partial charge >= 0.3 is 0 Å². The summed E-state index contributed by atoms with van der Waals surface area (Å²) in [6.45, 7) is 1.30. The normalized spacial score (nSPS) is 22.2. The number of quaternary nitrogens is 1. The number of rotatable bonds is 2. The van der Waals surface area contributed by atoms with Crippen LogP contribution in [0.4, 0.5) is 0 Å². The monoisotopic (exact) mass is 208 g/mol. The van der Waals surface area contributed by atoms with E-state index >= 15 is 0 Å². The Labute approximate surface area is 90.3 Å². The predicted octanol–water partition coefficient (Wildman–Crippen LogP) is 2.20. The van der Waals surface area contributed by atoms with Gasteiger partial charge in [-0.05, 0) is 25.2 Å². The van der Waals surface area contributed by atoms with E-state index in [-0.39, 0.29) is 0 Å². The van der Waals surface area contributed by atoms with Crippen molar-refractivity contribution in [2.24, 2.45) is 0 Å². The molecule has 2 N–H and O–H groups in total. The van der Waals surface area contributed by atoms with Crippen molar-refractivity contribution in [3.63, 3.8) is 0 Å². The minimum absolute atomic E-state index is 0.715. The Morgan fingerprint density at radius 3 is 2.86 bits per heavy atom. The molecule has 0 bridgehead atoms. The molecule has 2 heteroatoms. The molecule has 1 fully saturated rings. The van der Waals surface area contributed by atoms with E-state index in [2.05, 4.69) is 35.8 Å². The van der Waals surface area contributed by atoms with Crippen LogP contribution in [0.5, 0.6) is 0 Å². The molecule has 0 radical (unpaired) electrons. The van der Waals surface area contributed by atoms with Gasteiger partial charge in [0, 0.05) is 16.9 Å². The van der Waals surface area contributed by atoms with E-state index < -0.39 is 0 Å². The summed E-state index contributed by atoms with van der Waals surface area (Å²) in [7, 11) is 0. The van der Waals surface area contributed by atoms with Crippen molar-refractivity contribution < 1.29 is 5.32 Å². The molecule has 1 aliphatic rings. The molecule has 0 spiro atoms. The fourth-order valence-corrected chi connectivity index (χ4v) is 2.87. The molecule has 0 aliphatic carbocycles. The van der Waals surface area contributed by atoms with E-state index in [1.807, 2.05) is 11.8 Å². The molecular formula is C12H18NS+. The van der Waals surface area contributed by atoms with Crippen molar-refractivity contribution in [2.75, 3.05) is 12.8 Å². The second-order valence-electron chi connectivity index (χ2n) is 3.87. The number of thioether (sulfide) groups is 1. The SMILES string of the molecule is CSc1ccccc1[C@H]1CCCC[NH2+]1. The van der Waals surface area contributed by atoms with Crippen LogP contribution >= 0.6 is 11.8 Å². The van der Waals surface area contributed by atoms with Crippen LogP contribution in [-0.4, -0.2) is 12.8 Å². The van der Waals surface area contributed by atoms with Crippen LogP contribution in [0.1, 0.15) is 30.9 Å². The van der Waals surface area contributed by atoms with E-state index in [1.54, 1.807) is 5.56 Å². The summed E-state index contributed by atoms with van der Waals surface area (Å²) < 4.78 is 0. The highest BCUT2D eigenvalue weighted by Crippen LogP contribution is 2.27. The van der Waals surface area contributed by atoms with Gasteiger partial charge in [-0.3, -0.25) is 0 Å². The highest BCUT2D eigenvalue weighted by Gasteiger charge is 2.20. The molecule has 0 aromatic heterocycles. The fourth-order valence-electron chi connectivity index (χ4n) is 2.20. The molecule has 2 rings (SSSR count). The van der Waals surface area contributed by atoms with Crippen LogP contribution in [0.25, 0.3) is 0 Å². The van der Waals surface area contributed by atoms with Crippen molar-refractivity contribution >= 4 is 11.8 Å². The van der Waals surface area contributed by atoms with Crippen molar-refractivity contribution in [1.82, 2.24) is 0 Å². The minimum Gasteiger partial charge on any atom is -0.340 e. The van der Waals surface area contributed by atoms with Gasteiger partial charge in [0.05, 0.1) is 6.54 Å². The molecule has 0 unspecified atom stereocenters. The first-order valence-corrected chi connectivity index (χ1v) is 6.60. The lowest BCUT2D eigenvalue weighted by Crippen LogP contribution is -2.86. The van der Waals surface area contributed by atoms with Gasteiger partial charge < -0.3 is 5.32 Å². The fraction of sp³-hybridized carbons (Fsp3) is 0.500. The van der Waals surface area contributed by atoms with Crippen molar-refractivity contribution in [2.45, 2.75) is 30.2 Å². The zero-order chi connectivity index (χ0) is 9.80. The summed E-state index contributed by atoms with van der Waals surface area (Å²) >= 11 is 1.87. The van der Waals surface area contributed by atoms with Crippen LogP contribution in [0.2, 0.25) is 0 Å². The summed E-state index contributed by atoms with van der Waals surface area (Å²) in [5, 5.41) is 2.50. The molecule has 1 saturated heterocycles. The van der Waals surface area contributed by atoms with E-state index in [0.29, 0.717) is 6.04 Å². The van der Waals surface area contributed by atoms with Gasteiger partial charge in [-0.2, -0.15) is 0 Å². The second-order valence-corrected chi connectivity index (χ2v) is 4.72. The van der Waals surface area contributed by atoms with Crippen LogP contribution < -0.4 is 5.32 Å². The Balaban J connectivity index is 2.20. The standard InChI is InChI=1S/C12H17NS/c1-14-12-8-3-2-6-10(12)11-7-4-5-9-13-11/h2-3,6,8,11,13H,4-5,7,9H2,1H3/p+1/t11-/m1/s1. The quantitative estimate of drug-likeness (QED) is 0.737. The lowest BCUT2D eigenvalue weighted by molar-refractivity contribution is -0.704. The maximum Gasteiger partial charge on any atom is 0.113 e. The Morgan fingerprint density at radius 1 is 1.29 bits per heavy atom. The smallest absolute Gasteiger partial charge is 0.113 e. The zero-order valence-electron chi connectivity index (χ0n) is 8.70. The number of piperidine rings is 1. The third-order valence-electron chi connectivity index (χ3n) is 2.96. The van der Waals surface area contributed by atoms with Gasteiger partial charge in [0.1, 0.15) is 6.04 Å². The Morgan fingerprint density at radius 2 is 2.14 bits per heavy atom. The first kappa shape index (κ1) is 10.1. The highest BCUT2D eigenvalue weighted by atomic mass is 32.2. The Bertz CT molecular complexity index is 292. The molecular weight excluding hydrogens is 190 g/mol. The molecule has 1 heterocycles. The van der Waals surface area contributed by atoms with Crippen LogP contribution in [0, 0.1) is 0 Å². The minimum atomic E-state index is 0.715. The average molecular weight is 208 g/mol. The average Bonchev–Trinajstić information content (AvgIpc) is 2.30. The molecule has 76 valence electrons. The molecule has 14 heavy (non-hydrogen) atoms. The maximum atomic E-state index is 2.50. The van der Waals surface area contributed by atoms with Gasteiger partial charge in [-0.25, -0.2) is 0 Å². The zero-order valence-corrected chi connectivity index (χ0v) is 9.52. The van der Waals surface area contributed by atoms with Gasteiger partial charge in [0.15, 0.2) is 0 Å². The van der Waals surface area contributed by atoms with Crippen LogP contribution in [0.3, 0.4) is 0 Å². The van der Waals surface area contributed by atoms with Gasteiger partial charge in [-0.15, -0.1) is 11.8 Å². The summed E-state index contributed by atoms with van der Waals surface area (Å²) in [4.78, 5) is 1.45. The molecule has 1 atom stereocenters. The van der Waals surface area contributed by atoms with Gasteiger partial charge in [0.25, 0.3) is 0 Å². The van der Waals surface area contributed by atoms with Crippen LogP contribution in [-0.2, 0) is 0 Å². The highest BCUT2D eigenvalue weighted by molar-refractivity contribution is 7.98. The van der Waals surface area contributed by atoms with E-state index in [9.17, 15) is 0 Å². The lowest BCUT2D eigenvalue weighted by Gasteiger charge is -2.22. The van der Waals surface area contributed by atoms with E-state index in [0.717, 1.165) is 0 Å². The maximum absolute atomic E-state index is 2.50. The van der Waals surface area contributed by atoms with E-state index in [1.165, 1.54) is 30.7 Å². The largest absolute Gasteiger partial charge is 0.340 e. The summed E-state index contributed by atoms with van der Waals surface area (Å²) in [6, 6.07) is 9.54. The molecule has 1 aromatic carbocycles. The third kappa shape index (κ3) is 2.12. The first-order valence-electron chi connectivity index (χ1n) is 5.38. The number of hydrogen-bond donors (Lipinski definition) is 1. The predicted molar refractivity (Wildman–Crippen MR) is 61.6 cm³/mol. The topological polar surface area (TPSA) is 16.6 Å². The summed E-state index contributed by atoms with van der Waals surface area (Å²) in [5.41, 5.74) is 1.54. The summed E-state index contributed by atoms with van der Waals surface area (Å²) in [5.74, 6) is 0. The molecule has 0 amide bonds. The first-order chi connectivity index (χ1) is 6.92. The molecule has 1 aromatic rings. The third-order valence-corrected chi connectivity index (χ3v) is 3.77. The van der Waals surface area contributed by atoms with Crippen molar-refractivity contribution in [3.8, 4) is 0 Å². The lowest BCUT2D eigenvalue weighted by atomic mass is 9.98. The Kier molecular flexibility index (Phi) is 3.49. The number of hydrogen-bond acceptors (Lipinski definition) is 1. The van der Waals surface area contributed by atoms with Crippen molar-refractivity contribution in [1.29, 1.82) is 0 Å².